The topological polar surface area (TPSA) is 70.5 Å². The van der Waals surface area contributed by atoms with Gasteiger partial charge < -0.3 is 5.11 Å². The van der Waals surface area contributed by atoms with Crippen LogP contribution >= 0.6 is 0 Å². The molecule has 1 fully saturated rings. The predicted octanol–water partition coefficient (Wildman–Crippen LogP) is 2.63. The van der Waals surface area contributed by atoms with Crippen LogP contribution < -0.4 is 0 Å². The molecule has 1 N–H and O–H groups in total. The Morgan fingerprint density at radius 3 is 2.27 bits per heavy atom. The van der Waals surface area contributed by atoms with E-state index < -0.39 is 10.0 Å². The lowest BCUT2D eigenvalue weighted by Crippen LogP contribution is -2.35. The molecule has 22 heavy (non-hydrogen) atoms. The van der Waals surface area contributed by atoms with Crippen molar-refractivity contribution in [2.45, 2.75) is 24.2 Å². The number of hydrogen-bond donors (Lipinski definition) is 1. The largest absolute Gasteiger partial charge is 0.506 e. The Morgan fingerprint density at radius 2 is 1.64 bits per heavy atom. The van der Waals surface area contributed by atoms with Crippen molar-refractivity contribution in [2.75, 3.05) is 13.1 Å². The summed E-state index contributed by atoms with van der Waals surface area (Å²) in [5, 5.41) is 9.46. The number of rotatable bonds is 3. The lowest BCUT2D eigenvalue weighted by atomic mass is 10.1. The molecule has 0 bridgehead atoms. The molecule has 1 aromatic heterocycles. The average Bonchev–Trinajstić information content (AvgIpc) is 2.56. The molecular weight excluding hydrogens is 300 g/mol. The quantitative estimate of drug-likeness (QED) is 0.944. The second kappa shape index (κ2) is 6.06. The Hall–Kier alpha value is -1.92. The van der Waals surface area contributed by atoms with Gasteiger partial charge in [0.1, 0.15) is 5.75 Å². The van der Waals surface area contributed by atoms with Crippen LogP contribution in [0, 0.1) is 0 Å². The number of aromatic nitrogens is 1. The maximum atomic E-state index is 12.6. The normalized spacial score (nSPS) is 16.5. The zero-order chi connectivity index (χ0) is 15.6. The highest BCUT2D eigenvalue weighted by atomic mass is 32.2. The van der Waals surface area contributed by atoms with Crippen LogP contribution in [0.5, 0.6) is 5.75 Å². The summed E-state index contributed by atoms with van der Waals surface area (Å²) in [5.74, 6) is 0.0857. The van der Waals surface area contributed by atoms with Crippen molar-refractivity contribution < 1.29 is 13.5 Å². The molecule has 0 amide bonds. The van der Waals surface area contributed by atoms with Gasteiger partial charge in [0, 0.05) is 24.8 Å². The summed E-state index contributed by atoms with van der Waals surface area (Å²) in [6.07, 6.45) is 5.93. The fourth-order valence-corrected chi connectivity index (χ4v) is 4.18. The Labute approximate surface area is 130 Å². The predicted molar refractivity (Wildman–Crippen MR) is 83.9 cm³/mol. The summed E-state index contributed by atoms with van der Waals surface area (Å²) < 4.78 is 26.7. The summed E-state index contributed by atoms with van der Waals surface area (Å²) in [5.41, 5.74) is 1.57. The first-order chi connectivity index (χ1) is 10.6. The number of nitrogens with zero attached hydrogens (tertiary/aromatic N) is 2. The summed E-state index contributed by atoms with van der Waals surface area (Å²) in [6, 6.07) is 8.31. The molecule has 2 heterocycles. The lowest BCUT2D eigenvalue weighted by molar-refractivity contribution is 0.346. The van der Waals surface area contributed by atoms with Crippen LogP contribution in [-0.4, -0.2) is 35.9 Å². The summed E-state index contributed by atoms with van der Waals surface area (Å²) in [4.78, 5) is 4.24. The van der Waals surface area contributed by atoms with E-state index in [2.05, 4.69) is 4.98 Å². The molecule has 0 saturated carbocycles. The van der Waals surface area contributed by atoms with Crippen LogP contribution in [0.4, 0.5) is 0 Å². The van der Waals surface area contributed by atoms with Gasteiger partial charge in [0.25, 0.3) is 0 Å². The summed E-state index contributed by atoms with van der Waals surface area (Å²) in [7, 11) is -3.40. The van der Waals surface area contributed by atoms with Gasteiger partial charge >= 0.3 is 0 Å². The molecule has 0 aliphatic carbocycles. The first-order valence-corrected chi connectivity index (χ1v) is 8.76. The third-order valence-corrected chi connectivity index (χ3v) is 5.78. The molecular formula is C16H18N2O3S. The zero-order valence-electron chi connectivity index (χ0n) is 12.1. The van der Waals surface area contributed by atoms with Crippen molar-refractivity contribution in [2.24, 2.45) is 0 Å². The zero-order valence-corrected chi connectivity index (χ0v) is 13.0. The summed E-state index contributed by atoms with van der Waals surface area (Å²) in [6.45, 7) is 1.20. The number of piperidine rings is 1. The van der Waals surface area contributed by atoms with Crippen molar-refractivity contribution in [3.05, 3.63) is 42.7 Å². The second-order valence-corrected chi connectivity index (χ2v) is 7.36. The van der Waals surface area contributed by atoms with Crippen LogP contribution in [0.25, 0.3) is 11.1 Å². The molecule has 1 aliphatic rings. The fourth-order valence-electron chi connectivity index (χ4n) is 2.66. The van der Waals surface area contributed by atoms with Crippen molar-refractivity contribution in [3.8, 4) is 16.9 Å². The highest BCUT2D eigenvalue weighted by Gasteiger charge is 2.25. The molecule has 5 nitrogen and oxygen atoms in total. The molecule has 0 atom stereocenters. The Morgan fingerprint density at radius 1 is 0.955 bits per heavy atom. The van der Waals surface area contributed by atoms with E-state index in [1.54, 1.807) is 40.8 Å². The van der Waals surface area contributed by atoms with Crippen LogP contribution in [0.15, 0.2) is 47.6 Å². The van der Waals surface area contributed by atoms with Gasteiger partial charge in [0.2, 0.25) is 10.0 Å². The highest BCUT2D eigenvalue weighted by molar-refractivity contribution is 7.89. The van der Waals surface area contributed by atoms with Gasteiger partial charge in [-0.3, -0.25) is 4.98 Å². The van der Waals surface area contributed by atoms with E-state index in [9.17, 15) is 13.5 Å². The first kappa shape index (κ1) is 15.0. The van der Waals surface area contributed by atoms with Gasteiger partial charge in [0.05, 0.1) is 11.1 Å². The van der Waals surface area contributed by atoms with Crippen molar-refractivity contribution in [3.63, 3.8) is 0 Å². The van der Waals surface area contributed by atoms with Gasteiger partial charge in [-0.2, -0.15) is 4.31 Å². The van der Waals surface area contributed by atoms with E-state index in [0.717, 1.165) is 30.4 Å². The van der Waals surface area contributed by atoms with Crippen LogP contribution in [0.1, 0.15) is 19.3 Å². The van der Waals surface area contributed by atoms with E-state index in [-0.39, 0.29) is 5.75 Å². The van der Waals surface area contributed by atoms with Crippen LogP contribution in [-0.2, 0) is 10.0 Å². The van der Waals surface area contributed by atoms with E-state index >= 15 is 0 Å². The minimum Gasteiger partial charge on any atom is -0.506 e. The van der Waals surface area contributed by atoms with Gasteiger partial charge in [-0.25, -0.2) is 8.42 Å². The molecule has 0 unspecified atom stereocenters. The maximum absolute atomic E-state index is 12.6. The highest BCUT2D eigenvalue weighted by Crippen LogP contribution is 2.25. The van der Waals surface area contributed by atoms with Gasteiger partial charge in [0.15, 0.2) is 0 Å². The first-order valence-electron chi connectivity index (χ1n) is 7.32. The van der Waals surface area contributed by atoms with E-state index in [0.29, 0.717) is 18.0 Å². The van der Waals surface area contributed by atoms with Crippen molar-refractivity contribution >= 4 is 10.0 Å². The molecule has 116 valence electrons. The van der Waals surface area contributed by atoms with Gasteiger partial charge in [-0.1, -0.05) is 18.6 Å². The fraction of sp³-hybridized carbons (Fsp3) is 0.312. The molecule has 0 radical (unpaired) electrons. The third-order valence-electron chi connectivity index (χ3n) is 3.86. The minimum atomic E-state index is -3.40. The number of aromatic hydroxyl groups is 1. The smallest absolute Gasteiger partial charge is 0.243 e. The van der Waals surface area contributed by atoms with E-state index in [1.807, 2.05) is 0 Å². The molecule has 6 heteroatoms. The molecule has 0 spiro atoms. The van der Waals surface area contributed by atoms with Gasteiger partial charge in [-0.05, 0) is 36.6 Å². The SMILES string of the molecule is O=S(=O)(c1ccc(-c2cncc(O)c2)cc1)N1CCCCC1. The number of hydrogen-bond acceptors (Lipinski definition) is 4. The standard InChI is InChI=1S/C16H18N2O3S/c19-15-10-14(11-17-12-15)13-4-6-16(7-5-13)22(20,21)18-8-2-1-3-9-18/h4-7,10-12,19H,1-3,8-9H2. The molecule has 1 aliphatic heterocycles. The van der Waals surface area contributed by atoms with E-state index in [1.165, 1.54) is 6.20 Å². The maximum Gasteiger partial charge on any atom is 0.243 e. The Balaban J connectivity index is 1.87. The van der Waals surface area contributed by atoms with Crippen molar-refractivity contribution in [1.29, 1.82) is 0 Å². The Kier molecular flexibility index (Phi) is 4.13. The Bertz CT molecular complexity index is 751. The number of benzene rings is 1. The minimum absolute atomic E-state index is 0.0857. The van der Waals surface area contributed by atoms with Crippen molar-refractivity contribution in [1.82, 2.24) is 9.29 Å². The van der Waals surface area contributed by atoms with E-state index in [4.69, 9.17) is 0 Å². The van der Waals surface area contributed by atoms with Crippen LogP contribution in [0.3, 0.4) is 0 Å². The molecule has 2 aromatic rings. The average molecular weight is 318 g/mol. The summed E-state index contributed by atoms with van der Waals surface area (Å²) >= 11 is 0. The second-order valence-electron chi connectivity index (χ2n) is 5.42. The lowest BCUT2D eigenvalue weighted by Gasteiger charge is -2.25. The molecule has 1 saturated heterocycles. The number of sulfonamides is 1. The van der Waals surface area contributed by atoms with Crippen LogP contribution in [0.2, 0.25) is 0 Å². The third kappa shape index (κ3) is 2.98. The molecule has 1 aromatic carbocycles. The number of pyridine rings is 1. The monoisotopic (exact) mass is 318 g/mol. The van der Waals surface area contributed by atoms with Gasteiger partial charge in [-0.15, -0.1) is 0 Å². The molecule has 3 rings (SSSR count).